The Morgan fingerprint density at radius 3 is 2.67 bits per heavy atom. The molecule has 4 rings (SSSR count). The van der Waals surface area contributed by atoms with E-state index in [1.54, 1.807) is 22.8 Å². The molecule has 2 atom stereocenters. The van der Waals surface area contributed by atoms with Crippen molar-refractivity contribution in [2.45, 2.75) is 39.8 Å². The third-order valence-electron chi connectivity index (χ3n) is 5.00. The molecule has 4 heterocycles. The van der Waals surface area contributed by atoms with Gasteiger partial charge in [-0.25, -0.2) is 4.52 Å². The van der Waals surface area contributed by atoms with Crippen molar-refractivity contribution in [1.82, 2.24) is 25.1 Å². The molecular weight excluding hydrogens is 382 g/mol. The molecule has 0 saturated carbocycles. The van der Waals surface area contributed by atoms with Crippen LogP contribution >= 0.6 is 0 Å². The molecule has 3 aromatic rings. The van der Waals surface area contributed by atoms with Crippen molar-refractivity contribution in [1.29, 1.82) is 0 Å². The van der Waals surface area contributed by atoms with Gasteiger partial charge >= 0.3 is 0 Å². The highest BCUT2D eigenvalue weighted by Gasteiger charge is 2.22. The number of nitrogens with one attached hydrogen (secondary N) is 2. The number of carbonyl (C=O) groups is 1. The lowest BCUT2D eigenvalue weighted by Gasteiger charge is -2.36. The van der Waals surface area contributed by atoms with E-state index in [1.165, 1.54) is 0 Å². The van der Waals surface area contributed by atoms with E-state index >= 15 is 0 Å². The average molecular weight is 409 g/mol. The molecule has 9 nitrogen and oxygen atoms in total. The molecule has 1 aliphatic heterocycles. The number of fused-ring (bicyclic) bond motifs is 1. The van der Waals surface area contributed by atoms with Crippen LogP contribution in [0.25, 0.3) is 5.52 Å². The summed E-state index contributed by atoms with van der Waals surface area (Å²) < 4.78 is 7.37. The van der Waals surface area contributed by atoms with E-state index in [-0.39, 0.29) is 5.91 Å². The van der Waals surface area contributed by atoms with Crippen molar-refractivity contribution < 1.29 is 9.53 Å². The standard InChI is InChI=1S/C21H27N7O2/c1-5-30-18-12-28-16(8-13(2)26-28)9-17(18)21(29)23-19-6-7-20(25-24-19)27-10-14(3)22-15(4)11-27/h6-9,12,14-15,22H,5,10-11H2,1-4H3,(H,23,24,29)/t14-,15+. The lowest BCUT2D eigenvalue weighted by Crippen LogP contribution is -2.54. The van der Waals surface area contributed by atoms with Gasteiger partial charge in [-0.15, -0.1) is 10.2 Å². The summed E-state index contributed by atoms with van der Waals surface area (Å²) in [6, 6.07) is 8.12. The van der Waals surface area contributed by atoms with E-state index in [0.717, 1.165) is 30.1 Å². The Hall–Kier alpha value is -3.20. The monoisotopic (exact) mass is 409 g/mol. The van der Waals surface area contributed by atoms with E-state index < -0.39 is 0 Å². The summed E-state index contributed by atoms with van der Waals surface area (Å²) in [4.78, 5) is 15.1. The summed E-state index contributed by atoms with van der Waals surface area (Å²) in [6.07, 6.45) is 1.72. The Labute approximate surface area is 175 Å². The zero-order chi connectivity index (χ0) is 21.3. The molecule has 1 fully saturated rings. The molecule has 9 heteroatoms. The first-order valence-electron chi connectivity index (χ1n) is 10.2. The number of hydrogen-bond acceptors (Lipinski definition) is 7. The number of pyridine rings is 1. The molecule has 2 N–H and O–H groups in total. The molecule has 1 aliphatic rings. The molecule has 1 saturated heterocycles. The fraction of sp³-hybridized carbons (Fsp3) is 0.429. The summed E-state index contributed by atoms with van der Waals surface area (Å²) >= 11 is 0. The largest absolute Gasteiger partial charge is 0.491 e. The quantitative estimate of drug-likeness (QED) is 0.667. The van der Waals surface area contributed by atoms with Crippen LogP contribution < -0.4 is 20.3 Å². The van der Waals surface area contributed by atoms with E-state index in [2.05, 4.69) is 44.7 Å². The first-order valence-corrected chi connectivity index (χ1v) is 10.2. The lowest BCUT2D eigenvalue weighted by molar-refractivity contribution is 0.102. The Balaban J connectivity index is 1.53. The summed E-state index contributed by atoms with van der Waals surface area (Å²) in [7, 11) is 0. The van der Waals surface area contributed by atoms with E-state index in [4.69, 9.17) is 4.74 Å². The molecule has 0 aromatic carbocycles. The number of aromatic nitrogens is 4. The number of anilines is 2. The van der Waals surface area contributed by atoms with Crippen LogP contribution in [0.1, 0.15) is 36.8 Å². The minimum absolute atomic E-state index is 0.300. The highest BCUT2D eigenvalue weighted by Crippen LogP contribution is 2.23. The van der Waals surface area contributed by atoms with Gasteiger partial charge in [0.2, 0.25) is 0 Å². The van der Waals surface area contributed by atoms with Crippen molar-refractivity contribution in [3.05, 3.63) is 41.7 Å². The van der Waals surface area contributed by atoms with Gasteiger partial charge in [0.1, 0.15) is 5.75 Å². The summed E-state index contributed by atoms with van der Waals surface area (Å²) in [6.45, 7) is 10.3. The topological polar surface area (TPSA) is 96.7 Å². The number of carbonyl (C=O) groups excluding carboxylic acids is 1. The van der Waals surface area contributed by atoms with Crippen molar-refractivity contribution in [2.75, 3.05) is 29.9 Å². The van der Waals surface area contributed by atoms with Crippen LogP contribution in [0.2, 0.25) is 0 Å². The van der Waals surface area contributed by atoms with Crippen LogP contribution in [0.5, 0.6) is 5.75 Å². The SMILES string of the molecule is CCOc1cn2nc(C)cc2cc1C(=O)Nc1ccc(N2C[C@@H](C)N[C@@H](C)C2)nn1. The van der Waals surface area contributed by atoms with Crippen LogP contribution in [0.15, 0.2) is 30.5 Å². The molecule has 158 valence electrons. The van der Waals surface area contributed by atoms with Gasteiger partial charge in [0.05, 0.1) is 29.6 Å². The fourth-order valence-corrected chi connectivity index (χ4v) is 3.85. The molecule has 0 unspecified atom stereocenters. The Morgan fingerprint density at radius 2 is 2.00 bits per heavy atom. The molecule has 0 radical (unpaired) electrons. The van der Waals surface area contributed by atoms with Crippen LogP contribution in [0.4, 0.5) is 11.6 Å². The van der Waals surface area contributed by atoms with Gasteiger partial charge in [0, 0.05) is 25.2 Å². The number of ether oxygens (including phenoxy) is 1. The van der Waals surface area contributed by atoms with E-state index in [9.17, 15) is 4.79 Å². The molecule has 0 aliphatic carbocycles. The zero-order valence-corrected chi connectivity index (χ0v) is 17.7. The van der Waals surface area contributed by atoms with Gasteiger partial charge in [-0.2, -0.15) is 5.10 Å². The molecular formula is C21H27N7O2. The van der Waals surface area contributed by atoms with Crippen molar-refractivity contribution in [3.63, 3.8) is 0 Å². The van der Waals surface area contributed by atoms with Crippen molar-refractivity contribution in [2.24, 2.45) is 0 Å². The van der Waals surface area contributed by atoms with Crippen molar-refractivity contribution >= 4 is 23.1 Å². The normalized spacial score (nSPS) is 19.1. The number of hydrogen-bond donors (Lipinski definition) is 2. The Bertz CT molecular complexity index is 1040. The average Bonchev–Trinajstić information content (AvgIpc) is 3.06. The Morgan fingerprint density at radius 1 is 1.23 bits per heavy atom. The Kier molecular flexibility index (Phi) is 5.54. The highest BCUT2D eigenvalue weighted by atomic mass is 16.5. The van der Waals surface area contributed by atoms with Crippen LogP contribution in [-0.2, 0) is 0 Å². The van der Waals surface area contributed by atoms with Gasteiger partial charge in [-0.05, 0) is 52.0 Å². The second-order valence-electron chi connectivity index (χ2n) is 7.74. The van der Waals surface area contributed by atoms with E-state index in [0.29, 0.717) is 35.8 Å². The maximum absolute atomic E-state index is 12.9. The molecule has 0 bridgehead atoms. The van der Waals surface area contributed by atoms with Gasteiger partial charge in [-0.3, -0.25) is 4.79 Å². The number of rotatable bonds is 5. The summed E-state index contributed by atoms with van der Waals surface area (Å²) in [5.74, 6) is 1.37. The second kappa shape index (κ2) is 8.27. The van der Waals surface area contributed by atoms with Gasteiger partial charge in [0.15, 0.2) is 11.6 Å². The van der Waals surface area contributed by atoms with Gasteiger partial charge in [-0.1, -0.05) is 0 Å². The lowest BCUT2D eigenvalue weighted by atomic mass is 10.1. The predicted octanol–water partition coefficient (Wildman–Crippen LogP) is 2.27. The third kappa shape index (κ3) is 4.20. The highest BCUT2D eigenvalue weighted by molar-refractivity contribution is 6.06. The van der Waals surface area contributed by atoms with Crippen LogP contribution in [-0.4, -0.2) is 57.5 Å². The fourth-order valence-electron chi connectivity index (χ4n) is 3.85. The van der Waals surface area contributed by atoms with Gasteiger partial charge < -0.3 is 20.3 Å². The molecule has 3 aromatic heterocycles. The van der Waals surface area contributed by atoms with Crippen LogP contribution in [0, 0.1) is 6.92 Å². The smallest absolute Gasteiger partial charge is 0.260 e. The minimum atomic E-state index is -0.300. The van der Waals surface area contributed by atoms with Crippen molar-refractivity contribution in [3.8, 4) is 5.75 Å². The molecule has 1 amide bonds. The maximum Gasteiger partial charge on any atom is 0.260 e. The molecule has 30 heavy (non-hydrogen) atoms. The minimum Gasteiger partial charge on any atom is -0.491 e. The first kappa shape index (κ1) is 20.1. The number of piperazine rings is 1. The number of nitrogens with zero attached hydrogens (tertiary/aromatic N) is 5. The van der Waals surface area contributed by atoms with E-state index in [1.807, 2.05) is 26.0 Å². The zero-order valence-electron chi connectivity index (χ0n) is 17.7. The first-order chi connectivity index (χ1) is 14.4. The predicted molar refractivity (Wildman–Crippen MR) is 115 cm³/mol. The molecule has 0 spiro atoms. The van der Waals surface area contributed by atoms with Crippen LogP contribution in [0.3, 0.4) is 0 Å². The van der Waals surface area contributed by atoms with Gasteiger partial charge in [0.25, 0.3) is 5.91 Å². The third-order valence-corrected chi connectivity index (χ3v) is 5.00. The number of amides is 1. The summed E-state index contributed by atoms with van der Waals surface area (Å²) in [5, 5.41) is 19.2. The number of aryl methyl sites for hydroxylation is 1. The maximum atomic E-state index is 12.9. The second-order valence-corrected chi connectivity index (χ2v) is 7.74. The summed E-state index contributed by atoms with van der Waals surface area (Å²) in [5.41, 5.74) is 2.12.